The first-order chi connectivity index (χ1) is 15.8. The smallest absolute Gasteiger partial charge is 0.327 e. The van der Waals surface area contributed by atoms with E-state index in [2.05, 4.69) is 45.9 Å². The Kier molecular flexibility index (Phi) is 5.44. The fraction of sp³-hybridized carbons (Fsp3) is 0.458. The topological polar surface area (TPSA) is 69.0 Å². The van der Waals surface area contributed by atoms with Crippen molar-refractivity contribution in [3.05, 3.63) is 47.8 Å². The molecule has 5 heterocycles. The number of nitrogens with one attached hydrogen (secondary N) is 1. The van der Waals surface area contributed by atoms with Gasteiger partial charge in [0.15, 0.2) is 5.82 Å². The highest BCUT2D eigenvalue weighted by atomic mass is 19.1. The Morgan fingerprint density at radius 3 is 2.82 bits per heavy atom. The lowest BCUT2D eigenvalue weighted by atomic mass is 10.1. The number of urea groups is 1. The van der Waals surface area contributed by atoms with Gasteiger partial charge in [0, 0.05) is 74.2 Å². The fourth-order valence-corrected chi connectivity index (χ4v) is 5.14. The minimum Gasteiger partial charge on any atom is -0.368 e. The van der Waals surface area contributed by atoms with E-state index in [9.17, 15) is 9.18 Å². The lowest BCUT2D eigenvalue weighted by Gasteiger charge is -2.43. The van der Waals surface area contributed by atoms with Gasteiger partial charge in [0.1, 0.15) is 11.5 Å². The minimum absolute atomic E-state index is 0.119. The molecule has 0 unspecified atom stereocenters. The van der Waals surface area contributed by atoms with E-state index in [0.29, 0.717) is 30.1 Å². The summed E-state index contributed by atoms with van der Waals surface area (Å²) >= 11 is 0. The van der Waals surface area contributed by atoms with Crippen molar-refractivity contribution in [2.24, 2.45) is 0 Å². The Hall–Kier alpha value is -3.20. The van der Waals surface area contributed by atoms with E-state index in [4.69, 9.17) is 0 Å². The molecule has 3 aromatic rings. The average molecular weight is 452 g/mol. The van der Waals surface area contributed by atoms with E-state index in [1.54, 1.807) is 27.9 Å². The van der Waals surface area contributed by atoms with Crippen molar-refractivity contribution in [1.29, 1.82) is 0 Å². The van der Waals surface area contributed by atoms with Gasteiger partial charge in [-0.25, -0.2) is 19.2 Å². The van der Waals surface area contributed by atoms with Crippen molar-refractivity contribution in [1.82, 2.24) is 19.3 Å². The summed E-state index contributed by atoms with van der Waals surface area (Å²) in [7, 11) is 0. The van der Waals surface area contributed by atoms with Crippen molar-refractivity contribution in [3.8, 4) is 0 Å². The standard InChI is InChI=1S/C24H30FN7O/c1-15(2)31-10-9-29(13-17(31)4)21-5-7-26-23-18(21)6-8-32(23)24(33)28-20-14-30-12-16(3)27-22(30)11-19(20)25/h5,7,11-12,14-15,17H,6,8-10,13H2,1-4H3,(H,28,33)/t17-/m0/s1. The van der Waals surface area contributed by atoms with Crippen LogP contribution in [0, 0.1) is 12.7 Å². The molecule has 33 heavy (non-hydrogen) atoms. The number of hydrogen-bond donors (Lipinski definition) is 1. The van der Waals surface area contributed by atoms with Crippen LogP contribution >= 0.6 is 0 Å². The van der Waals surface area contributed by atoms with Crippen molar-refractivity contribution in [3.63, 3.8) is 0 Å². The number of anilines is 3. The van der Waals surface area contributed by atoms with E-state index >= 15 is 0 Å². The number of carbonyl (C=O) groups excluding carboxylic acids is 1. The van der Waals surface area contributed by atoms with Crippen LogP contribution < -0.4 is 15.1 Å². The number of imidazole rings is 1. The molecule has 1 fully saturated rings. The maximum atomic E-state index is 14.6. The molecule has 1 N–H and O–H groups in total. The summed E-state index contributed by atoms with van der Waals surface area (Å²) in [5, 5.41) is 2.72. The van der Waals surface area contributed by atoms with Gasteiger partial charge in [-0.15, -0.1) is 0 Å². The quantitative estimate of drug-likeness (QED) is 0.658. The van der Waals surface area contributed by atoms with Crippen LogP contribution in [0.2, 0.25) is 0 Å². The van der Waals surface area contributed by atoms with Crippen LogP contribution in [-0.4, -0.2) is 63.6 Å². The van der Waals surface area contributed by atoms with Gasteiger partial charge in [-0.3, -0.25) is 9.80 Å². The van der Waals surface area contributed by atoms with Crippen LogP contribution in [0.5, 0.6) is 0 Å². The molecule has 2 aliphatic heterocycles. The van der Waals surface area contributed by atoms with Gasteiger partial charge in [0.05, 0.1) is 11.4 Å². The summed E-state index contributed by atoms with van der Waals surface area (Å²) < 4.78 is 16.3. The molecular weight excluding hydrogens is 421 g/mol. The first kappa shape index (κ1) is 21.6. The molecule has 2 amide bonds. The number of carbonyl (C=O) groups is 1. The molecule has 0 spiro atoms. The molecule has 0 aromatic carbocycles. The van der Waals surface area contributed by atoms with Gasteiger partial charge < -0.3 is 14.6 Å². The molecule has 1 saturated heterocycles. The molecule has 174 valence electrons. The number of rotatable bonds is 3. The summed E-state index contributed by atoms with van der Waals surface area (Å²) in [5.74, 6) is 0.142. The van der Waals surface area contributed by atoms with Crippen LogP contribution in [0.3, 0.4) is 0 Å². The fourth-order valence-electron chi connectivity index (χ4n) is 5.14. The Labute approximate surface area is 193 Å². The SMILES string of the molecule is Cc1cn2cc(NC(=O)N3CCc4c(N5CCN(C(C)C)[C@@H](C)C5)ccnc43)c(F)cc2n1. The van der Waals surface area contributed by atoms with Gasteiger partial charge in [-0.1, -0.05) is 0 Å². The van der Waals surface area contributed by atoms with E-state index in [0.717, 1.165) is 43.0 Å². The lowest BCUT2D eigenvalue weighted by Crippen LogP contribution is -2.54. The number of fused-ring (bicyclic) bond motifs is 2. The second-order valence-corrected chi connectivity index (χ2v) is 9.27. The molecule has 2 aliphatic rings. The third-order valence-corrected chi connectivity index (χ3v) is 6.68. The van der Waals surface area contributed by atoms with Gasteiger partial charge in [0.25, 0.3) is 0 Å². The maximum absolute atomic E-state index is 14.6. The van der Waals surface area contributed by atoms with Gasteiger partial charge in [-0.05, 0) is 40.2 Å². The normalized spacial score (nSPS) is 18.9. The molecule has 0 saturated carbocycles. The number of piperazine rings is 1. The first-order valence-electron chi connectivity index (χ1n) is 11.5. The highest BCUT2D eigenvalue weighted by molar-refractivity contribution is 6.03. The largest absolute Gasteiger partial charge is 0.368 e. The Morgan fingerprint density at radius 2 is 2.06 bits per heavy atom. The van der Waals surface area contributed by atoms with Crippen molar-refractivity contribution in [2.75, 3.05) is 41.3 Å². The summed E-state index contributed by atoms with van der Waals surface area (Å²) in [6.45, 7) is 12.0. The summed E-state index contributed by atoms with van der Waals surface area (Å²) in [5.41, 5.74) is 3.64. The minimum atomic E-state index is -0.514. The number of pyridine rings is 2. The third-order valence-electron chi connectivity index (χ3n) is 6.68. The molecule has 3 aromatic heterocycles. The summed E-state index contributed by atoms with van der Waals surface area (Å²) in [6.07, 6.45) is 5.84. The predicted octanol–water partition coefficient (Wildman–Crippen LogP) is 3.69. The molecule has 0 aliphatic carbocycles. The van der Waals surface area contributed by atoms with E-state index < -0.39 is 5.82 Å². The van der Waals surface area contributed by atoms with Gasteiger partial charge >= 0.3 is 6.03 Å². The number of aryl methyl sites for hydroxylation is 1. The van der Waals surface area contributed by atoms with Crippen molar-refractivity contribution >= 4 is 28.9 Å². The molecular formula is C24H30FN7O. The molecule has 8 nitrogen and oxygen atoms in total. The highest BCUT2D eigenvalue weighted by Gasteiger charge is 2.32. The van der Waals surface area contributed by atoms with Gasteiger partial charge in [0.2, 0.25) is 0 Å². The second-order valence-electron chi connectivity index (χ2n) is 9.27. The monoisotopic (exact) mass is 451 g/mol. The van der Waals surface area contributed by atoms with Crippen LogP contribution in [0.25, 0.3) is 5.65 Å². The van der Waals surface area contributed by atoms with Crippen molar-refractivity contribution < 1.29 is 9.18 Å². The second kappa shape index (κ2) is 8.30. The highest BCUT2D eigenvalue weighted by Crippen LogP contribution is 2.35. The number of amides is 2. The Bertz CT molecular complexity index is 1210. The molecule has 0 bridgehead atoms. The summed E-state index contributed by atoms with van der Waals surface area (Å²) in [6, 6.07) is 3.97. The zero-order valence-electron chi connectivity index (χ0n) is 19.5. The van der Waals surface area contributed by atoms with Crippen LogP contribution in [0.1, 0.15) is 32.0 Å². The Morgan fingerprint density at radius 1 is 1.24 bits per heavy atom. The molecule has 0 radical (unpaired) electrons. The maximum Gasteiger partial charge on any atom is 0.327 e. The van der Waals surface area contributed by atoms with Crippen molar-refractivity contribution in [2.45, 2.75) is 46.2 Å². The van der Waals surface area contributed by atoms with E-state index in [-0.39, 0.29) is 11.7 Å². The lowest BCUT2D eigenvalue weighted by molar-refractivity contribution is 0.148. The average Bonchev–Trinajstić information content (AvgIpc) is 3.36. The summed E-state index contributed by atoms with van der Waals surface area (Å²) in [4.78, 5) is 28.4. The number of nitrogens with zero attached hydrogens (tertiary/aromatic N) is 6. The van der Waals surface area contributed by atoms with Crippen LogP contribution in [0.4, 0.5) is 26.4 Å². The van der Waals surface area contributed by atoms with Crippen LogP contribution in [-0.2, 0) is 6.42 Å². The number of halogens is 1. The zero-order valence-corrected chi connectivity index (χ0v) is 19.5. The predicted molar refractivity (Wildman–Crippen MR) is 128 cm³/mol. The molecule has 1 atom stereocenters. The first-order valence-corrected chi connectivity index (χ1v) is 11.5. The van der Waals surface area contributed by atoms with E-state index in [1.807, 2.05) is 13.0 Å². The zero-order chi connectivity index (χ0) is 23.3. The van der Waals surface area contributed by atoms with Gasteiger partial charge in [-0.2, -0.15) is 0 Å². The van der Waals surface area contributed by atoms with E-state index in [1.165, 1.54) is 6.07 Å². The third kappa shape index (κ3) is 3.90. The Balaban J connectivity index is 1.36. The number of hydrogen-bond acceptors (Lipinski definition) is 5. The molecule has 5 rings (SSSR count). The van der Waals surface area contributed by atoms with Crippen LogP contribution in [0.15, 0.2) is 30.7 Å². The number of aromatic nitrogens is 3. The molecule has 9 heteroatoms.